The average molecular weight is 282 g/mol. The predicted molar refractivity (Wildman–Crippen MR) is 74.5 cm³/mol. The Labute approximate surface area is 117 Å². The van der Waals surface area contributed by atoms with Crippen molar-refractivity contribution in [1.82, 2.24) is 0 Å². The van der Waals surface area contributed by atoms with Gasteiger partial charge in [-0.1, -0.05) is 6.42 Å². The maximum Gasteiger partial charge on any atom is 0.314 e. The lowest BCUT2D eigenvalue weighted by molar-refractivity contribution is -0.147. The molecule has 1 saturated carbocycles. The summed E-state index contributed by atoms with van der Waals surface area (Å²) >= 11 is 1.50. The third kappa shape index (κ3) is 2.06. The van der Waals surface area contributed by atoms with Crippen LogP contribution >= 0.6 is 11.8 Å². The predicted octanol–water partition coefficient (Wildman–Crippen LogP) is 2.93. The van der Waals surface area contributed by atoms with E-state index >= 15 is 0 Å². The van der Waals surface area contributed by atoms with Crippen LogP contribution in [-0.4, -0.2) is 31.6 Å². The van der Waals surface area contributed by atoms with Gasteiger partial charge in [0.25, 0.3) is 0 Å². The molecule has 1 fully saturated rings. The zero-order chi connectivity index (χ0) is 14.0. The molecule has 104 valence electrons. The number of rotatable bonds is 5. The molecule has 0 atom stereocenters. The molecular formula is C14H18O4S. The third-order valence-electron chi connectivity index (χ3n) is 3.82. The van der Waals surface area contributed by atoms with Gasteiger partial charge in [0.05, 0.1) is 24.5 Å². The molecule has 1 aromatic carbocycles. The summed E-state index contributed by atoms with van der Waals surface area (Å²) in [5, 5.41) is 9.64. The van der Waals surface area contributed by atoms with E-state index in [9.17, 15) is 9.90 Å². The largest absolute Gasteiger partial charge is 0.496 e. The van der Waals surface area contributed by atoms with Crippen molar-refractivity contribution < 1.29 is 19.4 Å². The molecule has 0 spiro atoms. The van der Waals surface area contributed by atoms with Crippen molar-refractivity contribution in [2.24, 2.45) is 0 Å². The Morgan fingerprint density at radius 1 is 1.26 bits per heavy atom. The molecule has 1 aliphatic rings. The van der Waals surface area contributed by atoms with E-state index < -0.39 is 11.4 Å². The minimum Gasteiger partial charge on any atom is -0.496 e. The minimum atomic E-state index is -0.821. The highest BCUT2D eigenvalue weighted by atomic mass is 32.2. The molecule has 0 unspecified atom stereocenters. The van der Waals surface area contributed by atoms with Gasteiger partial charge >= 0.3 is 5.97 Å². The van der Waals surface area contributed by atoms with Crippen LogP contribution in [0, 0.1) is 0 Å². The number of benzene rings is 1. The van der Waals surface area contributed by atoms with Crippen molar-refractivity contribution in [2.45, 2.75) is 29.6 Å². The second-order valence-electron chi connectivity index (χ2n) is 4.62. The second kappa shape index (κ2) is 5.33. The Balaban J connectivity index is 2.68. The lowest BCUT2D eigenvalue weighted by Crippen LogP contribution is -2.43. The summed E-state index contributed by atoms with van der Waals surface area (Å²) in [5.41, 5.74) is -0.0568. The van der Waals surface area contributed by atoms with Crippen LogP contribution in [0.15, 0.2) is 17.0 Å². The number of carboxylic acid groups (broad SMARTS) is 1. The highest BCUT2D eigenvalue weighted by molar-refractivity contribution is 7.98. The van der Waals surface area contributed by atoms with Crippen LogP contribution in [0.3, 0.4) is 0 Å². The molecule has 1 N–H and O–H groups in total. The molecule has 0 aromatic heterocycles. The number of carboxylic acids is 1. The zero-order valence-electron chi connectivity index (χ0n) is 11.4. The first kappa shape index (κ1) is 14.1. The lowest BCUT2D eigenvalue weighted by atomic mass is 9.64. The molecule has 0 bridgehead atoms. The van der Waals surface area contributed by atoms with Crippen molar-refractivity contribution in [3.8, 4) is 11.5 Å². The molecule has 0 saturated heterocycles. The number of methoxy groups -OCH3 is 2. The van der Waals surface area contributed by atoms with Crippen LogP contribution in [0.25, 0.3) is 0 Å². The fourth-order valence-electron chi connectivity index (χ4n) is 2.63. The first-order valence-electron chi connectivity index (χ1n) is 6.13. The van der Waals surface area contributed by atoms with E-state index in [0.717, 1.165) is 16.9 Å². The Bertz CT molecular complexity index is 494. The molecule has 4 nitrogen and oxygen atoms in total. The molecule has 0 heterocycles. The number of aliphatic carboxylic acids is 1. The molecule has 0 radical (unpaired) electrons. The van der Waals surface area contributed by atoms with E-state index in [1.807, 2.05) is 12.3 Å². The smallest absolute Gasteiger partial charge is 0.314 e. The van der Waals surface area contributed by atoms with Crippen molar-refractivity contribution >= 4 is 17.7 Å². The van der Waals surface area contributed by atoms with E-state index in [-0.39, 0.29) is 0 Å². The van der Waals surface area contributed by atoms with Crippen molar-refractivity contribution in [1.29, 1.82) is 0 Å². The molecule has 19 heavy (non-hydrogen) atoms. The van der Waals surface area contributed by atoms with Gasteiger partial charge in [0.2, 0.25) is 0 Å². The van der Waals surface area contributed by atoms with Gasteiger partial charge in [-0.25, -0.2) is 0 Å². The summed E-state index contributed by atoms with van der Waals surface area (Å²) in [7, 11) is 3.17. The number of hydrogen-bond donors (Lipinski definition) is 1. The van der Waals surface area contributed by atoms with Crippen LogP contribution < -0.4 is 9.47 Å². The molecule has 0 amide bonds. The van der Waals surface area contributed by atoms with Gasteiger partial charge in [-0.2, -0.15) is 0 Å². The van der Waals surface area contributed by atoms with Crippen LogP contribution in [0.4, 0.5) is 0 Å². The molecule has 0 aliphatic heterocycles. The Morgan fingerprint density at radius 3 is 2.21 bits per heavy atom. The summed E-state index contributed by atoms with van der Waals surface area (Å²) in [6.45, 7) is 0. The zero-order valence-corrected chi connectivity index (χ0v) is 12.2. The van der Waals surface area contributed by atoms with Gasteiger partial charge in [-0.05, 0) is 31.2 Å². The summed E-state index contributed by atoms with van der Waals surface area (Å²) in [5.74, 6) is 0.559. The molecule has 1 aromatic rings. The first-order chi connectivity index (χ1) is 9.10. The monoisotopic (exact) mass is 282 g/mol. The quantitative estimate of drug-likeness (QED) is 0.841. The second-order valence-corrected chi connectivity index (χ2v) is 5.44. The van der Waals surface area contributed by atoms with Gasteiger partial charge in [-0.15, -0.1) is 11.8 Å². The van der Waals surface area contributed by atoms with Crippen molar-refractivity contribution in [2.75, 3.05) is 20.5 Å². The van der Waals surface area contributed by atoms with Gasteiger partial charge in [0.1, 0.15) is 11.5 Å². The third-order valence-corrected chi connectivity index (χ3v) is 4.64. The highest BCUT2D eigenvalue weighted by Gasteiger charge is 2.49. The van der Waals surface area contributed by atoms with E-state index in [0.29, 0.717) is 24.3 Å². The van der Waals surface area contributed by atoms with E-state index in [1.165, 1.54) is 11.8 Å². The maximum atomic E-state index is 11.7. The summed E-state index contributed by atoms with van der Waals surface area (Å²) in [6.07, 6.45) is 4.16. The standard InChI is InChI=1S/C14H18O4S/c1-17-9-5-6-10(18-2)12(19-3)11(9)14(13(15)16)7-4-8-14/h5-6H,4,7-8H2,1-3H3,(H,15,16). The van der Waals surface area contributed by atoms with Gasteiger partial charge in [0.15, 0.2) is 0 Å². The van der Waals surface area contributed by atoms with Gasteiger partial charge in [0, 0.05) is 5.56 Å². The number of thioether (sulfide) groups is 1. The molecular weight excluding hydrogens is 264 g/mol. The minimum absolute atomic E-state index is 0.632. The maximum absolute atomic E-state index is 11.7. The number of ether oxygens (including phenoxy) is 2. The Hall–Kier alpha value is -1.36. The summed E-state index contributed by atoms with van der Waals surface area (Å²) < 4.78 is 10.7. The van der Waals surface area contributed by atoms with Crippen LogP contribution in [0.1, 0.15) is 24.8 Å². The number of hydrogen-bond acceptors (Lipinski definition) is 4. The van der Waals surface area contributed by atoms with Gasteiger partial charge < -0.3 is 14.6 Å². The van der Waals surface area contributed by atoms with Crippen LogP contribution in [0.5, 0.6) is 11.5 Å². The summed E-state index contributed by atoms with van der Waals surface area (Å²) in [6, 6.07) is 3.61. The molecule has 5 heteroatoms. The van der Waals surface area contributed by atoms with E-state index in [1.54, 1.807) is 20.3 Å². The Kier molecular flexibility index (Phi) is 3.94. The highest BCUT2D eigenvalue weighted by Crippen LogP contribution is 2.52. The number of carbonyl (C=O) groups is 1. The van der Waals surface area contributed by atoms with Crippen molar-refractivity contribution in [3.63, 3.8) is 0 Å². The Morgan fingerprint density at radius 2 is 1.84 bits per heavy atom. The lowest BCUT2D eigenvalue weighted by Gasteiger charge is -2.40. The molecule has 1 aliphatic carbocycles. The van der Waals surface area contributed by atoms with Gasteiger partial charge in [-0.3, -0.25) is 4.79 Å². The topological polar surface area (TPSA) is 55.8 Å². The van der Waals surface area contributed by atoms with E-state index in [2.05, 4.69) is 0 Å². The van der Waals surface area contributed by atoms with Crippen LogP contribution in [0.2, 0.25) is 0 Å². The SMILES string of the molecule is COc1ccc(OC)c(C2(C(=O)O)CCC2)c1SC. The van der Waals surface area contributed by atoms with Crippen LogP contribution in [-0.2, 0) is 10.2 Å². The normalized spacial score (nSPS) is 16.6. The molecule has 2 rings (SSSR count). The fourth-order valence-corrected chi connectivity index (χ4v) is 3.49. The summed E-state index contributed by atoms with van der Waals surface area (Å²) in [4.78, 5) is 12.6. The van der Waals surface area contributed by atoms with Crippen molar-refractivity contribution in [3.05, 3.63) is 17.7 Å². The average Bonchev–Trinajstić information content (AvgIpc) is 2.36. The fraction of sp³-hybridized carbons (Fsp3) is 0.500. The van der Waals surface area contributed by atoms with E-state index in [4.69, 9.17) is 9.47 Å². The first-order valence-corrected chi connectivity index (χ1v) is 7.36.